The van der Waals surface area contributed by atoms with E-state index in [4.69, 9.17) is 16.3 Å². The van der Waals surface area contributed by atoms with Gasteiger partial charge in [0.15, 0.2) is 6.10 Å². The Morgan fingerprint density at radius 3 is 2.58 bits per heavy atom. The van der Waals surface area contributed by atoms with Gasteiger partial charge >= 0.3 is 5.97 Å². The van der Waals surface area contributed by atoms with Crippen molar-refractivity contribution in [3.8, 4) is 5.75 Å². The maximum atomic E-state index is 12.2. The molecule has 1 amide bonds. The summed E-state index contributed by atoms with van der Waals surface area (Å²) >= 11 is 5.97. The van der Waals surface area contributed by atoms with Crippen LogP contribution in [-0.4, -0.2) is 25.1 Å². The first-order valence-electron chi connectivity index (χ1n) is 7.32. The zero-order chi connectivity index (χ0) is 17.7. The van der Waals surface area contributed by atoms with Gasteiger partial charge in [-0.15, -0.1) is 0 Å². The van der Waals surface area contributed by atoms with Gasteiger partial charge in [-0.1, -0.05) is 17.7 Å². The second kappa shape index (κ2) is 7.84. The summed E-state index contributed by atoms with van der Waals surface area (Å²) in [6.07, 6.45) is -0.715. The minimum absolute atomic E-state index is 0.329. The monoisotopic (exact) mass is 347 g/mol. The molecule has 0 unspecified atom stereocenters. The lowest BCUT2D eigenvalue weighted by atomic mass is 10.2. The molecule has 1 N–H and O–H groups in total. The van der Waals surface area contributed by atoms with E-state index in [1.165, 1.54) is 7.11 Å². The third-order valence-electron chi connectivity index (χ3n) is 3.36. The highest BCUT2D eigenvalue weighted by Gasteiger charge is 2.16. The van der Waals surface area contributed by atoms with E-state index >= 15 is 0 Å². The number of anilines is 1. The van der Waals surface area contributed by atoms with Crippen molar-refractivity contribution in [2.24, 2.45) is 0 Å². The predicted molar refractivity (Wildman–Crippen MR) is 92.7 cm³/mol. The molecule has 2 aromatic rings. The number of rotatable bonds is 5. The molecule has 0 bridgehead atoms. The van der Waals surface area contributed by atoms with Gasteiger partial charge in [-0.2, -0.15) is 0 Å². The number of nitrogens with one attached hydrogen (secondary N) is 1. The number of carbonyl (C=O) groups is 2. The van der Waals surface area contributed by atoms with Gasteiger partial charge in [0, 0.05) is 10.7 Å². The quantitative estimate of drug-likeness (QED) is 0.834. The van der Waals surface area contributed by atoms with Crippen LogP contribution >= 0.6 is 11.6 Å². The number of amides is 1. The van der Waals surface area contributed by atoms with E-state index < -0.39 is 12.1 Å². The number of aryl methyl sites for hydroxylation is 1. The third kappa shape index (κ3) is 4.49. The summed E-state index contributed by atoms with van der Waals surface area (Å²) in [5.74, 6) is -0.237. The van der Waals surface area contributed by atoms with Crippen LogP contribution in [0.5, 0.6) is 5.75 Å². The van der Waals surface area contributed by atoms with E-state index in [-0.39, 0.29) is 5.91 Å². The number of carbonyl (C=O) groups excluding carboxylic acids is 2. The van der Waals surface area contributed by atoms with Crippen LogP contribution in [0.15, 0.2) is 42.5 Å². The summed E-state index contributed by atoms with van der Waals surface area (Å²) in [6.45, 7) is 3.50. The summed E-state index contributed by atoms with van der Waals surface area (Å²) in [5.41, 5.74) is 1.72. The molecule has 0 saturated carbocycles. The van der Waals surface area contributed by atoms with Crippen LogP contribution in [0.3, 0.4) is 0 Å². The Balaban J connectivity index is 2.03. The molecule has 0 spiro atoms. The van der Waals surface area contributed by atoms with Gasteiger partial charge < -0.3 is 14.8 Å². The summed E-state index contributed by atoms with van der Waals surface area (Å²) in [6, 6.07) is 11.7. The van der Waals surface area contributed by atoms with Gasteiger partial charge in [0.25, 0.3) is 5.91 Å². The first-order chi connectivity index (χ1) is 11.4. The topological polar surface area (TPSA) is 64.6 Å². The fourth-order valence-corrected chi connectivity index (χ4v) is 2.15. The molecule has 24 heavy (non-hydrogen) atoms. The SMILES string of the molecule is COC(=O)c1cccc(NC(=O)[C@H](C)Oc2ccc(Cl)c(C)c2)c1. The molecule has 126 valence electrons. The van der Waals surface area contributed by atoms with Crippen molar-refractivity contribution in [2.75, 3.05) is 12.4 Å². The minimum atomic E-state index is -0.715. The maximum absolute atomic E-state index is 12.2. The molecular weight excluding hydrogens is 330 g/mol. The number of benzene rings is 2. The summed E-state index contributed by atoms with van der Waals surface area (Å²) in [5, 5.41) is 3.35. The minimum Gasteiger partial charge on any atom is -0.481 e. The molecule has 2 aromatic carbocycles. The number of methoxy groups -OCH3 is 1. The molecule has 0 aliphatic carbocycles. The Hall–Kier alpha value is -2.53. The Labute approximate surface area is 145 Å². The largest absolute Gasteiger partial charge is 0.481 e. The third-order valence-corrected chi connectivity index (χ3v) is 3.79. The van der Waals surface area contributed by atoms with Crippen LogP contribution in [0.1, 0.15) is 22.8 Å². The van der Waals surface area contributed by atoms with Gasteiger partial charge in [0.2, 0.25) is 0 Å². The summed E-state index contributed by atoms with van der Waals surface area (Å²) in [7, 11) is 1.30. The molecule has 5 nitrogen and oxygen atoms in total. The Bertz CT molecular complexity index is 760. The number of hydrogen-bond acceptors (Lipinski definition) is 4. The lowest BCUT2D eigenvalue weighted by Crippen LogP contribution is -2.30. The lowest BCUT2D eigenvalue weighted by molar-refractivity contribution is -0.122. The Morgan fingerprint density at radius 2 is 1.92 bits per heavy atom. The van der Waals surface area contributed by atoms with Crippen molar-refractivity contribution in [2.45, 2.75) is 20.0 Å². The zero-order valence-corrected chi connectivity index (χ0v) is 14.4. The van der Waals surface area contributed by atoms with Crippen molar-refractivity contribution in [1.29, 1.82) is 0 Å². The van der Waals surface area contributed by atoms with Crippen molar-refractivity contribution < 1.29 is 19.1 Å². The first kappa shape index (κ1) is 17.8. The normalized spacial score (nSPS) is 11.5. The van der Waals surface area contributed by atoms with E-state index in [2.05, 4.69) is 10.1 Å². The summed E-state index contributed by atoms with van der Waals surface area (Å²) in [4.78, 5) is 23.8. The van der Waals surface area contributed by atoms with E-state index in [0.29, 0.717) is 22.0 Å². The van der Waals surface area contributed by atoms with Gasteiger partial charge in [-0.25, -0.2) is 4.79 Å². The highest BCUT2D eigenvalue weighted by Crippen LogP contribution is 2.22. The van der Waals surface area contributed by atoms with Crippen LogP contribution in [0.4, 0.5) is 5.69 Å². The fourth-order valence-electron chi connectivity index (χ4n) is 2.03. The number of ether oxygens (including phenoxy) is 2. The molecule has 1 atom stereocenters. The van der Waals surface area contributed by atoms with E-state index in [0.717, 1.165) is 5.56 Å². The van der Waals surface area contributed by atoms with Crippen LogP contribution < -0.4 is 10.1 Å². The summed E-state index contributed by atoms with van der Waals surface area (Å²) < 4.78 is 10.3. The van der Waals surface area contributed by atoms with Gasteiger partial charge in [-0.05, 0) is 55.8 Å². The first-order valence-corrected chi connectivity index (χ1v) is 7.70. The van der Waals surface area contributed by atoms with E-state index in [9.17, 15) is 9.59 Å². The van der Waals surface area contributed by atoms with Crippen LogP contribution in [0.2, 0.25) is 5.02 Å². The molecule has 0 fully saturated rings. The van der Waals surface area contributed by atoms with Crippen molar-refractivity contribution in [1.82, 2.24) is 0 Å². The van der Waals surface area contributed by atoms with Crippen molar-refractivity contribution >= 4 is 29.2 Å². The maximum Gasteiger partial charge on any atom is 0.337 e. The highest BCUT2D eigenvalue weighted by molar-refractivity contribution is 6.31. The molecule has 6 heteroatoms. The molecular formula is C18H18ClNO4. The molecule has 0 radical (unpaired) electrons. The average Bonchev–Trinajstić information content (AvgIpc) is 2.57. The molecule has 0 aromatic heterocycles. The van der Waals surface area contributed by atoms with Crippen LogP contribution in [-0.2, 0) is 9.53 Å². The molecule has 2 rings (SSSR count). The zero-order valence-electron chi connectivity index (χ0n) is 13.6. The van der Waals surface area contributed by atoms with Crippen molar-refractivity contribution in [3.63, 3.8) is 0 Å². The number of hydrogen-bond donors (Lipinski definition) is 1. The van der Waals surface area contributed by atoms with Crippen LogP contribution in [0.25, 0.3) is 0 Å². The Morgan fingerprint density at radius 1 is 1.17 bits per heavy atom. The lowest BCUT2D eigenvalue weighted by Gasteiger charge is -2.15. The number of esters is 1. The second-order valence-corrected chi connectivity index (χ2v) is 5.64. The molecule has 0 aliphatic rings. The number of halogens is 1. The van der Waals surface area contributed by atoms with E-state index in [1.54, 1.807) is 49.4 Å². The standard InChI is InChI=1S/C18H18ClNO4/c1-11-9-15(7-8-16(11)19)24-12(2)17(21)20-14-6-4-5-13(10-14)18(22)23-3/h4-10,12H,1-3H3,(H,20,21)/t12-/m0/s1. The van der Waals surface area contributed by atoms with Gasteiger partial charge in [0.05, 0.1) is 12.7 Å². The predicted octanol–water partition coefficient (Wildman–Crippen LogP) is 3.84. The second-order valence-electron chi connectivity index (χ2n) is 5.23. The van der Waals surface area contributed by atoms with E-state index in [1.807, 2.05) is 6.92 Å². The van der Waals surface area contributed by atoms with Gasteiger partial charge in [0.1, 0.15) is 5.75 Å². The van der Waals surface area contributed by atoms with Crippen LogP contribution in [0, 0.1) is 6.92 Å². The average molecular weight is 348 g/mol. The molecule has 0 heterocycles. The molecule has 0 aliphatic heterocycles. The van der Waals surface area contributed by atoms with Crippen molar-refractivity contribution in [3.05, 3.63) is 58.6 Å². The fraction of sp³-hybridized carbons (Fsp3) is 0.222. The molecule has 0 saturated heterocycles. The Kier molecular flexibility index (Phi) is 5.82. The van der Waals surface area contributed by atoms with Gasteiger partial charge in [-0.3, -0.25) is 4.79 Å². The highest BCUT2D eigenvalue weighted by atomic mass is 35.5. The smallest absolute Gasteiger partial charge is 0.337 e.